The van der Waals surface area contributed by atoms with Gasteiger partial charge in [0.05, 0.1) is 0 Å². The normalized spacial score (nSPS) is 14.4. The van der Waals surface area contributed by atoms with Gasteiger partial charge in [-0.15, -0.1) is 10.2 Å². The summed E-state index contributed by atoms with van der Waals surface area (Å²) in [5.74, 6) is 1.66. The highest BCUT2D eigenvalue weighted by Crippen LogP contribution is 2.17. The van der Waals surface area contributed by atoms with Crippen LogP contribution in [0.1, 0.15) is 0 Å². The van der Waals surface area contributed by atoms with Gasteiger partial charge in [-0.05, 0) is 36.4 Å². The molecule has 1 aliphatic heterocycles. The van der Waals surface area contributed by atoms with Gasteiger partial charge >= 0.3 is 6.03 Å². The number of hydrogen-bond donors (Lipinski definition) is 1. The lowest BCUT2D eigenvalue weighted by Crippen LogP contribution is -2.50. The summed E-state index contributed by atoms with van der Waals surface area (Å²) in [6, 6.07) is 10.9. The van der Waals surface area contributed by atoms with E-state index in [0.29, 0.717) is 18.1 Å². The molecule has 0 bridgehead atoms. The SMILES string of the molecule is CN(C)c1ccc(N2CCN(C(=O)Nc3ccc(Cl)cc3)CC2)nn1. The van der Waals surface area contributed by atoms with Crippen molar-refractivity contribution < 1.29 is 4.79 Å². The first-order valence-electron chi connectivity index (χ1n) is 8.10. The van der Waals surface area contributed by atoms with Crippen molar-refractivity contribution in [1.82, 2.24) is 15.1 Å². The number of aromatic nitrogens is 2. The lowest BCUT2D eigenvalue weighted by molar-refractivity contribution is 0.208. The number of benzene rings is 1. The molecule has 3 rings (SSSR count). The van der Waals surface area contributed by atoms with Crippen LogP contribution in [0.25, 0.3) is 0 Å². The van der Waals surface area contributed by atoms with Crippen molar-refractivity contribution in [2.45, 2.75) is 0 Å². The fourth-order valence-corrected chi connectivity index (χ4v) is 2.73. The number of anilines is 3. The average molecular weight is 361 g/mol. The van der Waals surface area contributed by atoms with E-state index in [9.17, 15) is 4.79 Å². The maximum Gasteiger partial charge on any atom is 0.321 e. The summed E-state index contributed by atoms with van der Waals surface area (Å²) in [4.78, 5) is 18.2. The Balaban J connectivity index is 1.54. The highest BCUT2D eigenvalue weighted by Gasteiger charge is 2.22. The van der Waals surface area contributed by atoms with Crippen molar-refractivity contribution in [3.8, 4) is 0 Å². The van der Waals surface area contributed by atoms with Crippen LogP contribution < -0.4 is 15.1 Å². The second-order valence-electron chi connectivity index (χ2n) is 6.06. The highest BCUT2D eigenvalue weighted by molar-refractivity contribution is 6.30. The number of nitrogens with zero attached hydrogens (tertiary/aromatic N) is 5. The Labute approximate surface area is 152 Å². The molecule has 0 radical (unpaired) electrons. The van der Waals surface area contributed by atoms with Crippen molar-refractivity contribution in [3.05, 3.63) is 41.4 Å². The molecule has 7 nitrogen and oxygen atoms in total. The number of nitrogens with one attached hydrogen (secondary N) is 1. The number of carbonyl (C=O) groups excluding carboxylic acids is 1. The molecule has 1 aromatic heterocycles. The van der Waals surface area contributed by atoms with Crippen LogP contribution in [0.4, 0.5) is 22.1 Å². The highest BCUT2D eigenvalue weighted by atomic mass is 35.5. The number of carbonyl (C=O) groups is 1. The number of hydrogen-bond acceptors (Lipinski definition) is 5. The van der Waals surface area contributed by atoms with Gasteiger partial charge in [0.2, 0.25) is 0 Å². The molecule has 1 saturated heterocycles. The molecule has 0 aliphatic carbocycles. The maximum absolute atomic E-state index is 12.3. The van der Waals surface area contributed by atoms with E-state index >= 15 is 0 Å². The topological polar surface area (TPSA) is 64.6 Å². The summed E-state index contributed by atoms with van der Waals surface area (Å²) in [5, 5.41) is 12.0. The molecule has 1 aliphatic rings. The Morgan fingerprint density at radius 1 is 1.04 bits per heavy atom. The van der Waals surface area contributed by atoms with E-state index in [-0.39, 0.29) is 6.03 Å². The lowest BCUT2D eigenvalue weighted by atomic mass is 10.3. The molecule has 0 spiro atoms. The van der Waals surface area contributed by atoms with Crippen molar-refractivity contribution in [2.75, 3.05) is 55.4 Å². The monoisotopic (exact) mass is 360 g/mol. The molecule has 8 heteroatoms. The third-order valence-corrected chi connectivity index (χ3v) is 4.33. The smallest absolute Gasteiger partial charge is 0.321 e. The van der Waals surface area contributed by atoms with Crippen LogP contribution in [0, 0.1) is 0 Å². The average Bonchev–Trinajstić information content (AvgIpc) is 2.64. The second kappa shape index (κ2) is 7.57. The second-order valence-corrected chi connectivity index (χ2v) is 6.49. The van der Waals surface area contributed by atoms with E-state index in [4.69, 9.17) is 11.6 Å². The number of amides is 2. The fraction of sp³-hybridized carbons (Fsp3) is 0.353. The van der Waals surface area contributed by atoms with E-state index in [2.05, 4.69) is 20.4 Å². The van der Waals surface area contributed by atoms with Crippen LogP contribution in [-0.4, -0.2) is 61.4 Å². The molecule has 0 unspecified atom stereocenters. The summed E-state index contributed by atoms with van der Waals surface area (Å²) in [5.41, 5.74) is 0.738. The number of urea groups is 1. The summed E-state index contributed by atoms with van der Waals surface area (Å²) < 4.78 is 0. The van der Waals surface area contributed by atoms with Gasteiger partial charge in [-0.1, -0.05) is 11.6 Å². The molecule has 2 aromatic rings. The van der Waals surface area contributed by atoms with Crippen LogP contribution in [0.5, 0.6) is 0 Å². The zero-order chi connectivity index (χ0) is 17.8. The Morgan fingerprint density at radius 2 is 1.72 bits per heavy atom. The van der Waals surface area contributed by atoms with Crippen molar-refractivity contribution in [3.63, 3.8) is 0 Å². The van der Waals surface area contributed by atoms with Crippen molar-refractivity contribution >= 4 is 35.0 Å². The van der Waals surface area contributed by atoms with E-state index in [1.807, 2.05) is 31.1 Å². The van der Waals surface area contributed by atoms with E-state index in [1.165, 1.54) is 0 Å². The van der Waals surface area contributed by atoms with Crippen molar-refractivity contribution in [1.29, 1.82) is 0 Å². The molecule has 0 atom stereocenters. The molecule has 1 fully saturated rings. The first kappa shape index (κ1) is 17.3. The minimum Gasteiger partial charge on any atom is -0.361 e. The fourth-order valence-electron chi connectivity index (χ4n) is 2.60. The van der Waals surface area contributed by atoms with E-state index in [1.54, 1.807) is 29.2 Å². The predicted octanol–water partition coefficient (Wildman–Crippen LogP) is 2.55. The van der Waals surface area contributed by atoms with Gasteiger partial charge in [-0.25, -0.2) is 4.79 Å². The molecular formula is C17H21ClN6O. The van der Waals surface area contributed by atoms with Crippen LogP contribution in [0.3, 0.4) is 0 Å². The molecular weight excluding hydrogens is 340 g/mol. The Bertz CT molecular complexity index is 711. The third kappa shape index (κ3) is 4.30. The maximum atomic E-state index is 12.3. The van der Waals surface area contributed by atoms with Gasteiger partial charge in [0.1, 0.15) is 0 Å². The largest absolute Gasteiger partial charge is 0.361 e. The lowest BCUT2D eigenvalue weighted by Gasteiger charge is -2.35. The van der Waals surface area contributed by atoms with Crippen LogP contribution in [0.2, 0.25) is 5.02 Å². The first-order valence-corrected chi connectivity index (χ1v) is 8.48. The van der Waals surface area contributed by atoms with Gasteiger partial charge in [-0.2, -0.15) is 0 Å². The standard InChI is InChI=1S/C17H21ClN6O/c1-22(2)15-7-8-16(21-20-15)23-9-11-24(12-10-23)17(25)19-14-5-3-13(18)4-6-14/h3-8H,9-12H2,1-2H3,(H,19,25). The Kier molecular flexibility index (Phi) is 5.23. The summed E-state index contributed by atoms with van der Waals surface area (Å²) in [7, 11) is 3.86. The summed E-state index contributed by atoms with van der Waals surface area (Å²) in [6.45, 7) is 2.72. The Hall–Kier alpha value is -2.54. The van der Waals surface area contributed by atoms with Crippen molar-refractivity contribution in [2.24, 2.45) is 0 Å². The zero-order valence-electron chi connectivity index (χ0n) is 14.3. The van der Waals surface area contributed by atoms with Gasteiger partial charge in [0.15, 0.2) is 11.6 Å². The molecule has 2 amide bonds. The molecule has 25 heavy (non-hydrogen) atoms. The molecule has 1 N–H and O–H groups in total. The van der Waals surface area contributed by atoms with E-state index < -0.39 is 0 Å². The predicted molar refractivity (Wildman–Crippen MR) is 101 cm³/mol. The molecule has 2 heterocycles. The molecule has 132 valence electrons. The van der Waals surface area contributed by atoms with Crippen LogP contribution in [0.15, 0.2) is 36.4 Å². The minimum atomic E-state index is -0.101. The zero-order valence-corrected chi connectivity index (χ0v) is 15.1. The van der Waals surface area contributed by atoms with Gasteiger partial charge < -0.3 is 20.0 Å². The quantitative estimate of drug-likeness (QED) is 0.911. The number of rotatable bonds is 3. The van der Waals surface area contributed by atoms with Gasteiger partial charge in [-0.3, -0.25) is 0 Å². The number of halogens is 1. The van der Waals surface area contributed by atoms with Gasteiger partial charge in [0, 0.05) is 51.0 Å². The molecule has 0 saturated carbocycles. The molecule has 1 aromatic carbocycles. The number of piperazine rings is 1. The Morgan fingerprint density at radius 3 is 2.28 bits per heavy atom. The third-order valence-electron chi connectivity index (χ3n) is 4.08. The van der Waals surface area contributed by atoms with Crippen LogP contribution in [-0.2, 0) is 0 Å². The summed E-state index contributed by atoms with van der Waals surface area (Å²) in [6.07, 6.45) is 0. The minimum absolute atomic E-state index is 0.101. The summed E-state index contributed by atoms with van der Waals surface area (Å²) >= 11 is 5.86. The van der Waals surface area contributed by atoms with Crippen LogP contribution >= 0.6 is 11.6 Å². The first-order chi connectivity index (χ1) is 12.0. The van der Waals surface area contributed by atoms with E-state index in [0.717, 1.165) is 30.4 Å². The van der Waals surface area contributed by atoms with Gasteiger partial charge in [0.25, 0.3) is 0 Å².